The molecule has 2 rings (SSSR count). The Kier molecular flexibility index (Phi) is 6.22. The van der Waals surface area contributed by atoms with Crippen molar-refractivity contribution in [3.8, 4) is 0 Å². The highest BCUT2D eigenvalue weighted by Crippen LogP contribution is 2.23. The molecule has 0 spiro atoms. The van der Waals surface area contributed by atoms with E-state index in [1.54, 1.807) is 0 Å². The monoisotopic (exact) mass is 289 g/mol. The van der Waals surface area contributed by atoms with E-state index in [9.17, 15) is 0 Å². The zero-order valence-corrected chi connectivity index (χ0v) is 14.1. The quantitative estimate of drug-likeness (QED) is 0.868. The molecular weight excluding hydrogens is 258 g/mol. The van der Waals surface area contributed by atoms with E-state index in [4.69, 9.17) is 0 Å². The third kappa shape index (κ3) is 4.53. The summed E-state index contributed by atoms with van der Waals surface area (Å²) in [5, 5.41) is 3.51. The smallest absolute Gasteiger partial charge is 0.0332 e. The molecule has 1 aromatic carbocycles. The Labute approximate surface area is 130 Å². The number of rotatable bonds is 6. The zero-order chi connectivity index (χ0) is 15.2. The molecule has 1 fully saturated rings. The molecule has 0 saturated carbocycles. The molecular formula is C18H31N3. The van der Waals surface area contributed by atoms with Gasteiger partial charge in [-0.1, -0.05) is 37.6 Å². The Bertz CT molecular complexity index is 415. The van der Waals surface area contributed by atoms with E-state index in [1.165, 1.54) is 50.0 Å². The van der Waals surface area contributed by atoms with E-state index < -0.39 is 0 Å². The van der Waals surface area contributed by atoms with Gasteiger partial charge in [0.15, 0.2) is 0 Å². The lowest BCUT2D eigenvalue weighted by Crippen LogP contribution is -2.50. The van der Waals surface area contributed by atoms with Gasteiger partial charge in [-0.3, -0.25) is 0 Å². The summed E-state index contributed by atoms with van der Waals surface area (Å²) in [6, 6.07) is 10.3. The van der Waals surface area contributed by atoms with Crippen molar-refractivity contribution in [3.05, 3.63) is 35.4 Å². The molecule has 3 heteroatoms. The molecule has 118 valence electrons. The molecule has 0 aliphatic carbocycles. The summed E-state index contributed by atoms with van der Waals surface area (Å²) in [4.78, 5) is 4.96. The highest BCUT2D eigenvalue weighted by Gasteiger charge is 2.25. The van der Waals surface area contributed by atoms with E-state index in [1.807, 2.05) is 0 Å². The van der Waals surface area contributed by atoms with E-state index >= 15 is 0 Å². The molecule has 1 N–H and O–H groups in total. The van der Waals surface area contributed by atoms with Gasteiger partial charge in [-0.15, -0.1) is 0 Å². The van der Waals surface area contributed by atoms with Crippen LogP contribution in [0.1, 0.15) is 36.9 Å². The predicted molar refractivity (Wildman–Crippen MR) is 90.8 cm³/mol. The van der Waals surface area contributed by atoms with E-state index in [2.05, 4.69) is 67.4 Å². The molecule has 2 unspecified atom stereocenters. The Morgan fingerprint density at radius 3 is 2.52 bits per heavy atom. The van der Waals surface area contributed by atoms with Crippen molar-refractivity contribution < 1.29 is 0 Å². The zero-order valence-electron chi connectivity index (χ0n) is 14.1. The number of nitrogens with one attached hydrogen (secondary N) is 1. The highest BCUT2D eigenvalue weighted by atomic mass is 15.3. The third-order valence-corrected chi connectivity index (χ3v) is 4.76. The Morgan fingerprint density at radius 2 is 1.90 bits per heavy atom. The topological polar surface area (TPSA) is 18.5 Å². The van der Waals surface area contributed by atoms with Crippen molar-refractivity contribution in [2.24, 2.45) is 0 Å². The molecule has 0 amide bonds. The summed E-state index contributed by atoms with van der Waals surface area (Å²) in [7, 11) is 6.57. The van der Waals surface area contributed by atoms with Crippen LogP contribution in [0.2, 0.25) is 0 Å². The molecule has 1 aromatic rings. The van der Waals surface area contributed by atoms with Crippen LogP contribution in [0.25, 0.3) is 0 Å². The van der Waals surface area contributed by atoms with Crippen molar-refractivity contribution in [1.29, 1.82) is 0 Å². The minimum Gasteiger partial charge on any atom is -0.313 e. The molecule has 1 heterocycles. The SMILES string of the molecule is CCCc1ccc(C(CC2CN(C)CCN2C)NC)cc1. The molecule has 1 aliphatic rings. The maximum Gasteiger partial charge on any atom is 0.0332 e. The van der Waals surface area contributed by atoms with Gasteiger partial charge < -0.3 is 15.1 Å². The first-order valence-electron chi connectivity index (χ1n) is 8.29. The summed E-state index contributed by atoms with van der Waals surface area (Å²) in [6.45, 7) is 5.76. The minimum atomic E-state index is 0.444. The van der Waals surface area contributed by atoms with Gasteiger partial charge in [0.2, 0.25) is 0 Å². The van der Waals surface area contributed by atoms with Crippen LogP contribution in [0.15, 0.2) is 24.3 Å². The average molecular weight is 289 g/mol. The minimum absolute atomic E-state index is 0.444. The van der Waals surface area contributed by atoms with Gasteiger partial charge in [-0.2, -0.15) is 0 Å². The van der Waals surface area contributed by atoms with Gasteiger partial charge in [0.05, 0.1) is 0 Å². The highest BCUT2D eigenvalue weighted by molar-refractivity contribution is 5.25. The summed E-state index contributed by atoms with van der Waals surface area (Å²) in [5.74, 6) is 0. The number of likely N-dealkylation sites (N-methyl/N-ethyl adjacent to an activating group) is 2. The molecule has 2 atom stereocenters. The van der Waals surface area contributed by atoms with Gasteiger partial charge in [-0.25, -0.2) is 0 Å². The summed E-state index contributed by atoms with van der Waals surface area (Å²) in [5.41, 5.74) is 2.87. The van der Waals surface area contributed by atoms with Crippen LogP contribution in [-0.2, 0) is 6.42 Å². The number of piperazine rings is 1. The van der Waals surface area contributed by atoms with Crippen LogP contribution < -0.4 is 5.32 Å². The normalized spacial score (nSPS) is 22.4. The predicted octanol–water partition coefficient (Wildman–Crippen LogP) is 2.54. The first kappa shape index (κ1) is 16.5. The number of hydrogen-bond donors (Lipinski definition) is 1. The Hall–Kier alpha value is -0.900. The molecule has 1 saturated heterocycles. The molecule has 0 bridgehead atoms. The Balaban J connectivity index is 2.01. The van der Waals surface area contributed by atoms with Crippen LogP contribution in [-0.4, -0.2) is 56.6 Å². The van der Waals surface area contributed by atoms with Crippen LogP contribution >= 0.6 is 0 Å². The lowest BCUT2D eigenvalue weighted by molar-refractivity contribution is 0.102. The van der Waals surface area contributed by atoms with Gasteiger partial charge >= 0.3 is 0 Å². The maximum absolute atomic E-state index is 3.51. The second-order valence-electron chi connectivity index (χ2n) is 6.47. The summed E-state index contributed by atoms with van der Waals surface area (Å²) >= 11 is 0. The fourth-order valence-corrected chi connectivity index (χ4v) is 3.25. The van der Waals surface area contributed by atoms with Gasteiger partial charge in [0.25, 0.3) is 0 Å². The number of aryl methyl sites for hydroxylation is 1. The Morgan fingerprint density at radius 1 is 1.19 bits per heavy atom. The summed E-state index contributed by atoms with van der Waals surface area (Å²) < 4.78 is 0. The van der Waals surface area contributed by atoms with Crippen molar-refractivity contribution in [2.45, 2.75) is 38.3 Å². The van der Waals surface area contributed by atoms with E-state index in [0.717, 1.165) is 0 Å². The number of nitrogens with zero attached hydrogens (tertiary/aromatic N) is 2. The van der Waals surface area contributed by atoms with Gasteiger partial charge in [0.1, 0.15) is 0 Å². The van der Waals surface area contributed by atoms with Crippen molar-refractivity contribution in [3.63, 3.8) is 0 Å². The first-order chi connectivity index (χ1) is 10.1. The van der Waals surface area contributed by atoms with E-state index in [0.29, 0.717) is 12.1 Å². The number of hydrogen-bond acceptors (Lipinski definition) is 3. The van der Waals surface area contributed by atoms with E-state index in [-0.39, 0.29) is 0 Å². The second-order valence-corrected chi connectivity index (χ2v) is 6.47. The van der Waals surface area contributed by atoms with Crippen molar-refractivity contribution in [1.82, 2.24) is 15.1 Å². The molecule has 0 aromatic heterocycles. The first-order valence-corrected chi connectivity index (χ1v) is 8.29. The van der Waals surface area contributed by atoms with Gasteiger partial charge in [-0.05, 0) is 45.1 Å². The molecule has 0 radical (unpaired) electrons. The fourth-order valence-electron chi connectivity index (χ4n) is 3.25. The summed E-state index contributed by atoms with van der Waals surface area (Å²) in [6.07, 6.45) is 3.57. The molecule has 3 nitrogen and oxygen atoms in total. The standard InChI is InChI=1S/C18H31N3/c1-5-6-15-7-9-16(10-8-15)18(19-2)13-17-14-20(3)11-12-21(17)4/h7-10,17-19H,5-6,11-14H2,1-4H3. The largest absolute Gasteiger partial charge is 0.313 e. The maximum atomic E-state index is 3.51. The lowest BCUT2D eigenvalue weighted by Gasteiger charge is -2.39. The number of benzene rings is 1. The van der Waals surface area contributed by atoms with Crippen LogP contribution in [0, 0.1) is 0 Å². The van der Waals surface area contributed by atoms with Gasteiger partial charge in [0, 0.05) is 31.7 Å². The lowest BCUT2D eigenvalue weighted by atomic mass is 9.96. The molecule has 1 aliphatic heterocycles. The molecule has 21 heavy (non-hydrogen) atoms. The average Bonchev–Trinajstić information content (AvgIpc) is 2.49. The second kappa shape index (κ2) is 7.92. The van der Waals surface area contributed by atoms with Crippen LogP contribution in [0.4, 0.5) is 0 Å². The van der Waals surface area contributed by atoms with Crippen LogP contribution in [0.3, 0.4) is 0 Å². The fraction of sp³-hybridized carbons (Fsp3) is 0.667. The van der Waals surface area contributed by atoms with Crippen LogP contribution in [0.5, 0.6) is 0 Å². The third-order valence-electron chi connectivity index (χ3n) is 4.76. The van der Waals surface area contributed by atoms with Crippen molar-refractivity contribution in [2.75, 3.05) is 40.8 Å². The van der Waals surface area contributed by atoms with Crippen molar-refractivity contribution >= 4 is 0 Å².